The molecule has 1 aromatic carbocycles. The number of nitrogens with zero attached hydrogens (tertiary/aromatic N) is 6. The summed E-state index contributed by atoms with van der Waals surface area (Å²) in [6, 6.07) is 6.53. The fourth-order valence-electron chi connectivity index (χ4n) is 3.89. The highest BCUT2D eigenvalue weighted by Crippen LogP contribution is 2.46. The molecule has 0 radical (unpaired) electrons. The summed E-state index contributed by atoms with van der Waals surface area (Å²) < 4.78 is 65.9. The minimum Gasteiger partial charge on any atom is -0.309 e. The number of carbonyl (C=O) groups is 1. The van der Waals surface area contributed by atoms with Gasteiger partial charge in [0.2, 0.25) is 17.7 Å². The van der Waals surface area contributed by atoms with Gasteiger partial charge in [-0.1, -0.05) is 24.3 Å². The maximum atomic E-state index is 13.9. The second kappa shape index (κ2) is 8.45. The number of rotatable bonds is 5. The van der Waals surface area contributed by atoms with Crippen LogP contribution in [0.2, 0.25) is 0 Å². The molecule has 0 spiro atoms. The number of anilines is 1. The van der Waals surface area contributed by atoms with Crippen LogP contribution in [-0.4, -0.2) is 42.0 Å². The minimum absolute atomic E-state index is 0.122. The number of hydrogen-bond donors (Lipinski definition) is 1. The number of carbonyl (C=O) groups excluding carboxylic acids is 1. The first-order chi connectivity index (χ1) is 15.5. The quantitative estimate of drug-likeness (QED) is 0.573. The van der Waals surface area contributed by atoms with Gasteiger partial charge in [-0.15, -0.1) is 10.2 Å². The minimum atomic E-state index is -4.67. The van der Waals surface area contributed by atoms with Crippen LogP contribution in [-0.2, 0) is 18.0 Å². The fraction of sp³-hybridized carbons (Fsp3) is 0.400. The average Bonchev–Trinajstić information content (AvgIpc) is 3.33. The van der Waals surface area contributed by atoms with E-state index in [2.05, 4.69) is 30.7 Å². The first kappa shape index (κ1) is 22.7. The first-order valence-electron chi connectivity index (χ1n) is 9.94. The maximum absolute atomic E-state index is 13.9. The molecular formula is C20H18F5N7O. The molecule has 4 rings (SSSR count). The molecule has 13 heteroatoms. The molecule has 0 saturated heterocycles. The lowest BCUT2D eigenvalue weighted by Crippen LogP contribution is -2.28. The lowest BCUT2D eigenvalue weighted by molar-refractivity contribution is -0.141. The van der Waals surface area contributed by atoms with E-state index in [-0.39, 0.29) is 18.7 Å². The van der Waals surface area contributed by atoms with Crippen molar-refractivity contribution in [1.29, 1.82) is 0 Å². The van der Waals surface area contributed by atoms with Crippen LogP contribution >= 0.6 is 0 Å². The Hall–Kier alpha value is -3.51. The van der Waals surface area contributed by atoms with Gasteiger partial charge in [0.25, 0.3) is 0 Å². The molecular weight excluding hydrogens is 449 g/mol. The first-order valence-corrected chi connectivity index (χ1v) is 9.94. The Morgan fingerprint density at radius 3 is 2.42 bits per heavy atom. The highest BCUT2D eigenvalue weighted by molar-refractivity contribution is 5.95. The summed E-state index contributed by atoms with van der Waals surface area (Å²) in [4.78, 5) is 21.2. The van der Waals surface area contributed by atoms with Crippen LogP contribution in [0.5, 0.6) is 0 Å². The summed E-state index contributed by atoms with van der Waals surface area (Å²) in [5, 5.41) is 14.1. The van der Waals surface area contributed by atoms with Crippen molar-refractivity contribution in [3.05, 3.63) is 47.9 Å². The van der Waals surface area contributed by atoms with E-state index in [0.29, 0.717) is 23.1 Å². The number of tetrazole rings is 1. The van der Waals surface area contributed by atoms with Gasteiger partial charge in [0.15, 0.2) is 11.5 Å². The van der Waals surface area contributed by atoms with Crippen molar-refractivity contribution in [1.82, 2.24) is 30.2 Å². The fourth-order valence-corrected chi connectivity index (χ4v) is 3.89. The summed E-state index contributed by atoms with van der Waals surface area (Å²) >= 11 is 0. The van der Waals surface area contributed by atoms with Crippen LogP contribution in [0.15, 0.2) is 36.7 Å². The summed E-state index contributed by atoms with van der Waals surface area (Å²) in [6.07, 6.45) is -4.09. The Morgan fingerprint density at radius 1 is 1.18 bits per heavy atom. The van der Waals surface area contributed by atoms with Crippen LogP contribution in [0.3, 0.4) is 0 Å². The van der Waals surface area contributed by atoms with Crippen molar-refractivity contribution < 1.29 is 26.7 Å². The highest BCUT2D eigenvalue weighted by atomic mass is 19.4. The molecule has 0 bridgehead atoms. The Balaban J connectivity index is 1.59. The van der Waals surface area contributed by atoms with E-state index in [9.17, 15) is 26.7 Å². The number of aromatic nitrogens is 6. The van der Waals surface area contributed by atoms with E-state index in [0.717, 1.165) is 6.20 Å². The molecule has 1 aliphatic carbocycles. The zero-order chi connectivity index (χ0) is 23.8. The highest BCUT2D eigenvalue weighted by Gasteiger charge is 2.45. The molecule has 2 atom stereocenters. The van der Waals surface area contributed by atoms with E-state index in [1.807, 2.05) is 0 Å². The van der Waals surface area contributed by atoms with Gasteiger partial charge in [-0.2, -0.15) is 18.0 Å². The van der Waals surface area contributed by atoms with Crippen LogP contribution in [0.1, 0.15) is 36.4 Å². The Morgan fingerprint density at radius 2 is 1.91 bits per heavy atom. The molecule has 1 aliphatic rings. The van der Waals surface area contributed by atoms with E-state index >= 15 is 0 Å². The number of halogens is 5. The molecule has 3 aromatic rings. The summed E-state index contributed by atoms with van der Waals surface area (Å²) in [5.41, 5.74) is -0.111. The van der Waals surface area contributed by atoms with Gasteiger partial charge < -0.3 is 5.32 Å². The van der Waals surface area contributed by atoms with Gasteiger partial charge in [-0.25, -0.2) is 18.7 Å². The Labute approximate surface area is 184 Å². The molecule has 1 N–H and O–H groups in total. The molecule has 0 aliphatic heterocycles. The van der Waals surface area contributed by atoms with E-state index in [4.69, 9.17) is 0 Å². The standard InChI is InChI=1S/C20H18F5N7O/c1-32-30-17(29-31-32)12-4-2-11(3-5-12)16(13-6-7-19(21,22)8-13)18(33)28-15-10-26-14(9-27-15)20(23,24)25/h2-5,9-10,13,16H,6-8H2,1H3,(H,27,28,33). The number of alkyl halides is 5. The third kappa shape index (κ3) is 5.12. The molecule has 8 nitrogen and oxygen atoms in total. The molecule has 1 fully saturated rings. The lowest BCUT2D eigenvalue weighted by Gasteiger charge is -2.23. The van der Waals surface area contributed by atoms with Crippen molar-refractivity contribution >= 4 is 11.7 Å². The summed E-state index contributed by atoms with van der Waals surface area (Å²) in [5.74, 6) is -5.02. The van der Waals surface area contributed by atoms with Gasteiger partial charge in [-0.3, -0.25) is 4.79 Å². The van der Waals surface area contributed by atoms with Crippen LogP contribution in [0.4, 0.5) is 27.8 Å². The zero-order valence-electron chi connectivity index (χ0n) is 17.2. The normalized spacial score (nSPS) is 18.8. The molecule has 2 unspecified atom stereocenters. The van der Waals surface area contributed by atoms with Crippen molar-refractivity contribution in [2.75, 3.05) is 5.32 Å². The third-order valence-corrected chi connectivity index (χ3v) is 5.43. The molecule has 2 heterocycles. The second-order valence-corrected chi connectivity index (χ2v) is 7.83. The van der Waals surface area contributed by atoms with E-state index < -0.39 is 42.0 Å². The second-order valence-electron chi connectivity index (χ2n) is 7.83. The molecule has 1 saturated carbocycles. The predicted molar refractivity (Wildman–Crippen MR) is 105 cm³/mol. The van der Waals surface area contributed by atoms with E-state index in [1.54, 1.807) is 31.3 Å². The Bertz CT molecular complexity index is 1130. The van der Waals surface area contributed by atoms with E-state index in [1.165, 1.54) is 4.80 Å². The van der Waals surface area contributed by atoms with Crippen molar-refractivity contribution in [3.63, 3.8) is 0 Å². The van der Waals surface area contributed by atoms with Crippen molar-refractivity contribution in [2.45, 2.75) is 37.3 Å². The molecule has 2 aromatic heterocycles. The van der Waals surface area contributed by atoms with Gasteiger partial charge in [0.05, 0.1) is 25.4 Å². The SMILES string of the molecule is Cn1nnc(-c2ccc(C(C(=O)Nc3cnc(C(F)(F)F)cn3)C3CCC(F)(F)C3)cc2)n1. The molecule has 1 amide bonds. The number of benzene rings is 1. The number of amides is 1. The lowest BCUT2D eigenvalue weighted by atomic mass is 9.83. The third-order valence-electron chi connectivity index (χ3n) is 5.43. The van der Waals surface area contributed by atoms with Crippen LogP contribution in [0, 0.1) is 5.92 Å². The van der Waals surface area contributed by atoms with Crippen LogP contribution in [0.25, 0.3) is 11.4 Å². The van der Waals surface area contributed by atoms with Crippen molar-refractivity contribution in [2.24, 2.45) is 13.0 Å². The zero-order valence-corrected chi connectivity index (χ0v) is 17.2. The number of aryl methyl sites for hydroxylation is 1. The van der Waals surface area contributed by atoms with Gasteiger partial charge in [0, 0.05) is 18.4 Å². The van der Waals surface area contributed by atoms with Gasteiger partial charge >= 0.3 is 6.18 Å². The van der Waals surface area contributed by atoms with Crippen molar-refractivity contribution in [3.8, 4) is 11.4 Å². The smallest absolute Gasteiger partial charge is 0.309 e. The van der Waals surface area contributed by atoms with Gasteiger partial charge in [-0.05, 0) is 23.1 Å². The summed E-state index contributed by atoms with van der Waals surface area (Å²) in [7, 11) is 1.61. The molecule has 33 heavy (non-hydrogen) atoms. The monoisotopic (exact) mass is 467 g/mol. The number of hydrogen-bond acceptors (Lipinski definition) is 6. The number of nitrogens with one attached hydrogen (secondary N) is 1. The Kier molecular flexibility index (Phi) is 5.80. The topological polar surface area (TPSA) is 98.5 Å². The average molecular weight is 467 g/mol. The molecule has 174 valence electrons. The predicted octanol–water partition coefficient (Wildman–Crippen LogP) is 3.84. The largest absolute Gasteiger partial charge is 0.434 e. The van der Waals surface area contributed by atoms with Crippen LogP contribution < -0.4 is 5.32 Å². The van der Waals surface area contributed by atoms with Gasteiger partial charge in [0.1, 0.15) is 0 Å². The summed E-state index contributed by atoms with van der Waals surface area (Å²) in [6.45, 7) is 0. The maximum Gasteiger partial charge on any atom is 0.434 e.